The molecule has 1 N–H and O–H groups in total. The Kier molecular flexibility index (Phi) is 4.28. The van der Waals surface area contributed by atoms with Gasteiger partial charge in [0.15, 0.2) is 5.82 Å². The zero-order chi connectivity index (χ0) is 17.1. The summed E-state index contributed by atoms with van der Waals surface area (Å²) in [4.78, 5) is 20.3. The van der Waals surface area contributed by atoms with Gasteiger partial charge in [-0.1, -0.05) is 0 Å². The lowest BCUT2D eigenvalue weighted by Crippen LogP contribution is -2.27. The Morgan fingerprint density at radius 3 is 2.83 bits per heavy atom. The van der Waals surface area contributed by atoms with Crippen LogP contribution in [-0.2, 0) is 0 Å². The summed E-state index contributed by atoms with van der Waals surface area (Å²) in [6.07, 6.45) is 4.26. The van der Waals surface area contributed by atoms with Crippen LogP contribution in [0.3, 0.4) is 0 Å². The van der Waals surface area contributed by atoms with Gasteiger partial charge in [0.25, 0.3) is 5.91 Å². The molecule has 0 aliphatic heterocycles. The molecule has 0 saturated carbocycles. The van der Waals surface area contributed by atoms with Crippen LogP contribution < -0.4 is 5.32 Å². The minimum atomic E-state index is -0.698. The summed E-state index contributed by atoms with van der Waals surface area (Å²) >= 11 is 0. The Bertz CT molecular complexity index is 867. The van der Waals surface area contributed by atoms with Crippen molar-refractivity contribution in [1.29, 1.82) is 0 Å². The minimum Gasteiger partial charge on any atom is -0.345 e. The van der Waals surface area contributed by atoms with Crippen LogP contribution in [0.1, 0.15) is 28.9 Å². The van der Waals surface area contributed by atoms with Gasteiger partial charge in [-0.05, 0) is 37.3 Å². The zero-order valence-corrected chi connectivity index (χ0v) is 12.6. The van der Waals surface area contributed by atoms with E-state index in [-0.39, 0.29) is 5.56 Å². The molecule has 0 spiro atoms. The molecule has 3 rings (SSSR count). The van der Waals surface area contributed by atoms with E-state index in [0.717, 1.165) is 18.2 Å². The molecule has 3 aromatic rings. The Morgan fingerprint density at radius 2 is 2.08 bits per heavy atom. The lowest BCUT2D eigenvalue weighted by molar-refractivity contribution is 0.0939. The first kappa shape index (κ1) is 15.7. The number of hydrogen-bond donors (Lipinski definition) is 1. The number of halogens is 2. The van der Waals surface area contributed by atoms with E-state index in [2.05, 4.69) is 20.4 Å². The third-order valence-electron chi connectivity index (χ3n) is 3.43. The monoisotopic (exact) mass is 329 g/mol. The fourth-order valence-electron chi connectivity index (χ4n) is 2.22. The standard InChI is InChI=1S/C16H13F2N5O/c1-10(13-7-12(17)2-3-14(13)18)22-16(24)11-4-5-20-15(6-11)23-9-19-8-21-23/h2-10H,1H3,(H,22,24). The van der Waals surface area contributed by atoms with Crippen molar-refractivity contribution in [1.82, 2.24) is 25.1 Å². The van der Waals surface area contributed by atoms with E-state index >= 15 is 0 Å². The van der Waals surface area contributed by atoms with Crippen molar-refractivity contribution in [2.75, 3.05) is 0 Å². The van der Waals surface area contributed by atoms with Gasteiger partial charge in [0.1, 0.15) is 24.3 Å². The summed E-state index contributed by atoms with van der Waals surface area (Å²) in [6, 6.07) is 5.47. The molecule has 0 radical (unpaired) electrons. The van der Waals surface area contributed by atoms with Gasteiger partial charge in [-0.25, -0.2) is 23.4 Å². The summed E-state index contributed by atoms with van der Waals surface area (Å²) in [5.41, 5.74) is 0.396. The highest BCUT2D eigenvalue weighted by atomic mass is 19.1. The molecule has 2 aromatic heterocycles. The summed E-state index contributed by atoms with van der Waals surface area (Å²) < 4.78 is 28.5. The van der Waals surface area contributed by atoms with Gasteiger partial charge >= 0.3 is 0 Å². The largest absolute Gasteiger partial charge is 0.345 e. The number of nitrogens with zero attached hydrogens (tertiary/aromatic N) is 4. The lowest BCUT2D eigenvalue weighted by atomic mass is 10.1. The number of benzene rings is 1. The Balaban J connectivity index is 1.80. The van der Waals surface area contributed by atoms with Crippen molar-refractivity contribution in [2.45, 2.75) is 13.0 Å². The smallest absolute Gasteiger partial charge is 0.251 e. The number of rotatable bonds is 4. The number of carbonyl (C=O) groups is 1. The molecule has 1 unspecified atom stereocenters. The maximum Gasteiger partial charge on any atom is 0.251 e. The number of nitrogens with one attached hydrogen (secondary N) is 1. The fraction of sp³-hybridized carbons (Fsp3) is 0.125. The third kappa shape index (κ3) is 3.27. The van der Waals surface area contributed by atoms with Gasteiger partial charge in [-0.3, -0.25) is 4.79 Å². The molecule has 0 saturated heterocycles. The third-order valence-corrected chi connectivity index (χ3v) is 3.43. The van der Waals surface area contributed by atoms with Crippen molar-refractivity contribution in [2.24, 2.45) is 0 Å². The molecule has 2 heterocycles. The molecular formula is C16H13F2N5O. The second-order valence-electron chi connectivity index (χ2n) is 5.10. The van der Waals surface area contributed by atoms with E-state index in [0.29, 0.717) is 11.4 Å². The van der Waals surface area contributed by atoms with Crippen LogP contribution in [0.15, 0.2) is 49.2 Å². The Morgan fingerprint density at radius 1 is 1.25 bits per heavy atom. The van der Waals surface area contributed by atoms with Crippen LogP contribution in [0, 0.1) is 11.6 Å². The van der Waals surface area contributed by atoms with Crippen molar-refractivity contribution in [3.63, 3.8) is 0 Å². The van der Waals surface area contributed by atoms with E-state index in [1.165, 1.54) is 35.7 Å². The highest BCUT2D eigenvalue weighted by molar-refractivity contribution is 5.94. The number of pyridine rings is 1. The highest BCUT2D eigenvalue weighted by Gasteiger charge is 2.16. The predicted octanol–water partition coefficient (Wildman–Crippen LogP) is 2.43. The topological polar surface area (TPSA) is 72.7 Å². The van der Waals surface area contributed by atoms with Gasteiger partial charge in [-0.15, -0.1) is 0 Å². The molecule has 0 bridgehead atoms. The first-order valence-corrected chi connectivity index (χ1v) is 7.11. The average molecular weight is 329 g/mol. The molecule has 8 heteroatoms. The molecule has 0 fully saturated rings. The van der Waals surface area contributed by atoms with Gasteiger partial charge in [0.05, 0.1) is 6.04 Å². The molecule has 1 aromatic carbocycles. The first-order chi connectivity index (χ1) is 11.5. The van der Waals surface area contributed by atoms with E-state index in [1.54, 1.807) is 6.92 Å². The number of aromatic nitrogens is 4. The van der Waals surface area contributed by atoms with Crippen molar-refractivity contribution in [3.05, 3.63) is 71.9 Å². The summed E-state index contributed by atoms with van der Waals surface area (Å²) in [7, 11) is 0. The SMILES string of the molecule is CC(NC(=O)c1ccnc(-n2cncn2)c1)c1cc(F)ccc1F. The van der Waals surface area contributed by atoms with Crippen LogP contribution in [0.4, 0.5) is 8.78 Å². The van der Waals surface area contributed by atoms with Crippen LogP contribution in [0.25, 0.3) is 5.82 Å². The molecule has 1 amide bonds. The van der Waals surface area contributed by atoms with Crippen LogP contribution in [0.5, 0.6) is 0 Å². The van der Waals surface area contributed by atoms with Gasteiger partial charge in [0.2, 0.25) is 0 Å². The van der Waals surface area contributed by atoms with Crippen molar-refractivity contribution >= 4 is 5.91 Å². The van der Waals surface area contributed by atoms with Gasteiger partial charge < -0.3 is 5.32 Å². The molecule has 6 nitrogen and oxygen atoms in total. The number of carbonyl (C=O) groups excluding carboxylic acids is 1. The van der Waals surface area contributed by atoms with Crippen molar-refractivity contribution < 1.29 is 13.6 Å². The van der Waals surface area contributed by atoms with Gasteiger partial charge in [0, 0.05) is 17.3 Å². The lowest BCUT2D eigenvalue weighted by Gasteiger charge is -2.15. The molecule has 0 aliphatic carbocycles. The van der Waals surface area contributed by atoms with Crippen molar-refractivity contribution in [3.8, 4) is 5.82 Å². The molecule has 0 aliphatic rings. The first-order valence-electron chi connectivity index (χ1n) is 7.11. The maximum atomic E-state index is 13.8. The normalized spacial score (nSPS) is 12.0. The molecule has 1 atom stereocenters. The molecular weight excluding hydrogens is 316 g/mol. The van der Waals surface area contributed by atoms with Crippen LogP contribution in [-0.4, -0.2) is 25.7 Å². The van der Waals surface area contributed by atoms with E-state index in [9.17, 15) is 13.6 Å². The molecule has 122 valence electrons. The van der Waals surface area contributed by atoms with E-state index in [1.807, 2.05) is 0 Å². The second-order valence-corrected chi connectivity index (χ2v) is 5.10. The fourth-order valence-corrected chi connectivity index (χ4v) is 2.22. The second kappa shape index (κ2) is 6.53. The van der Waals surface area contributed by atoms with Crippen LogP contribution in [0.2, 0.25) is 0 Å². The zero-order valence-electron chi connectivity index (χ0n) is 12.6. The average Bonchev–Trinajstić information content (AvgIpc) is 3.11. The maximum absolute atomic E-state index is 13.8. The van der Waals surface area contributed by atoms with Crippen LogP contribution >= 0.6 is 0 Å². The summed E-state index contributed by atoms with van der Waals surface area (Å²) in [6.45, 7) is 1.58. The highest BCUT2D eigenvalue weighted by Crippen LogP contribution is 2.18. The van der Waals surface area contributed by atoms with E-state index < -0.39 is 23.6 Å². The summed E-state index contributed by atoms with van der Waals surface area (Å²) in [5.74, 6) is -1.16. The predicted molar refractivity (Wildman–Crippen MR) is 81.4 cm³/mol. The quantitative estimate of drug-likeness (QED) is 0.798. The molecule has 24 heavy (non-hydrogen) atoms. The Labute approximate surface area is 136 Å². The summed E-state index contributed by atoms with van der Waals surface area (Å²) in [5, 5.41) is 6.57. The minimum absolute atomic E-state index is 0.0777. The van der Waals surface area contributed by atoms with E-state index in [4.69, 9.17) is 0 Å². The number of amides is 1. The number of hydrogen-bond acceptors (Lipinski definition) is 4. The Hall–Kier alpha value is -3.16. The van der Waals surface area contributed by atoms with Gasteiger partial charge in [-0.2, -0.15) is 5.10 Å².